The average molecular weight is 299 g/mol. The van der Waals surface area contributed by atoms with E-state index in [0.717, 1.165) is 18.8 Å². The Labute approximate surface area is 126 Å². The predicted molar refractivity (Wildman–Crippen MR) is 82.6 cm³/mol. The van der Waals surface area contributed by atoms with E-state index in [9.17, 15) is 4.79 Å². The molecule has 2 N–H and O–H groups in total. The molecule has 2 rings (SSSR count). The van der Waals surface area contributed by atoms with Gasteiger partial charge < -0.3 is 15.4 Å². The summed E-state index contributed by atoms with van der Waals surface area (Å²) in [5.74, 6) is 1.42. The van der Waals surface area contributed by atoms with Crippen molar-refractivity contribution >= 4 is 18.3 Å². The molecule has 4 nitrogen and oxygen atoms in total. The second-order valence-corrected chi connectivity index (χ2v) is 5.08. The van der Waals surface area contributed by atoms with Crippen molar-refractivity contribution < 1.29 is 9.53 Å². The van der Waals surface area contributed by atoms with Crippen molar-refractivity contribution in [2.24, 2.45) is 5.92 Å². The first-order valence-electron chi connectivity index (χ1n) is 6.86. The molecular weight excluding hydrogens is 276 g/mol. The lowest BCUT2D eigenvalue weighted by atomic mass is 9.93. The van der Waals surface area contributed by atoms with Crippen LogP contribution in [0.4, 0.5) is 0 Å². The minimum atomic E-state index is 0. The summed E-state index contributed by atoms with van der Waals surface area (Å²) in [4.78, 5) is 11.9. The van der Waals surface area contributed by atoms with Crippen molar-refractivity contribution in [2.45, 2.75) is 19.3 Å². The van der Waals surface area contributed by atoms with Crippen LogP contribution in [0.3, 0.4) is 0 Å². The predicted octanol–water partition coefficient (Wildman–Crippen LogP) is 1.95. The second kappa shape index (κ2) is 8.12. The molecule has 0 radical (unpaired) electrons. The normalized spacial score (nSPS) is 18.2. The fraction of sp³-hybridized carbons (Fsp3) is 0.533. The zero-order chi connectivity index (χ0) is 13.7. The molecule has 2 unspecified atom stereocenters. The molecule has 0 fully saturated rings. The first-order valence-corrected chi connectivity index (χ1v) is 6.86. The lowest BCUT2D eigenvalue weighted by Gasteiger charge is -2.26. The molecule has 1 amide bonds. The van der Waals surface area contributed by atoms with Crippen LogP contribution in [-0.4, -0.2) is 32.7 Å². The van der Waals surface area contributed by atoms with Gasteiger partial charge in [0.25, 0.3) is 0 Å². The maximum atomic E-state index is 11.9. The molecular formula is C15H23ClN2O2. The Morgan fingerprint density at radius 3 is 2.95 bits per heavy atom. The van der Waals surface area contributed by atoms with E-state index in [1.165, 1.54) is 5.56 Å². The van der Waals surface area contributed by atoms with E-state index in [-0.39, 0.29) is 24.2 Å². The Kier molecular flexibility index (Phi) is 6.82. The smallest absolute Gasteiger partial charge is 0.224 e. The summed E-state index contributed by atoms with van der Waals surface area (Å²) >= 11 is 0. The summed E-state index contributed by atoms with van der Waals surface area (Å²) in [7, 11) is 1.86. The van der Waals surface area contributed by atoms with Gasteiger partial charge in [0.15, 0.2) is 0 Å². The van der Waals surface area contributed by atoms with Gasteiger partial charge in [-0.15, -0.1) is 12.4 Å². The van der Waals surface area contributed by atoms with Crippen LogP contribution < -0.4 is 15.4 Å². The number of nitrogens with one attached hydrogen (secondary N) is 2. The number of benzene rings is 1. The number of carbonyl (C=O) groups excluding carboxylic acids is 1. The van der Waals surface area contributed by atoms with Gasteiger partial charge in [-0.05, 0) is 25.1 Å². The van der Waals surface area contributed by atoms with Gasteiger partial charge in [0.1, 0.15) is 5.75 Å². The fourth-order valence-electron chi connectivity index (χ4n) is 2.42. The van der Waals surface area contributed by atoms with Crippen LogP contribution >= 0.6 is 12.4 Å². The molecule has 1 aliphatic heterocycles. The first-order chi connectivity index (χ1) is 9.22. The number of amides is 1. The fourth-order valence-corrected chi connectivity index (χ4v) is 2.42. The van der Waals surface area contributed by atoms with Gasteiger partial charge >= 0.3 is 0 Å². The molecule has 0 bridgehead atoms. The van der Waals surface area contributed by atoms with E-state index in [1.54, 1.807) is 0 Å². The third kappa shape index (κ3) is 4.12. The lowest BCUT2D eigenvalue weighted by molar-refractivity contribution is -0.124. The molecule has 0 spiro atoms. The molecule has 112 valence electrons. The SMILES string of the molecule is CNCC(C)C(=O)NCC1CCOc2ccccc21.Cl. The Bertz CT molecular complexity index is 440. The van der Waals surface area contributed by atoms with Crippen LogP contribution in [0.1, 0.15) is 24.8 Å². The number of hydrogen-bond acceptors (Lipinski definition) is 3. The third-order valence-electron chi connectivity index (χ3n) is 3.56. The minimum absolute atomic E-state index is 0. The number of hydrogen-bond donors (Lipinski definition) is 2. The van der Waals surface area contributed by atoms with Crippen molar-refractivity contribution in [3.8, 4) is 5.75 Å². The molecule has 0 saturated carbocycles. The van der Waals surface area contributed by atoms with E-state index in [1.807, 2.05) is 32.2 Å². The highest BCUT2D eigenvalue weighted by Gasteiger charge is 2.22. The van der Waals surface area contributed by atoms with Gasteiger partial charge in [0.05, 0.1) is 6.61 Å². The van der Waals surface area contributed by atoms with Crippen LogP contribution in [0.15, 0.2) is 24.3 Å². The lowest BCUT2D eigenvalue weighted by Crippen LogP contribution is -2.37. The maximum Gasteiger partial charge on any atom is 0.224 e. The number of rotatable bonds is 5. The number of halogens is 1. The van der Waals surface area contributed by atoms with Crippen molar-refractivity contribution in [3.63, 3.8) is 0 Å². The van der Waals surface area contributed by atoms with Crippen molar-refractivity contribution in [1.82, 2.24) is 10.6 Å². The number of para-hydroxylation sites is 1. The Hall–Kier alpha value is -1.26. The van der Waals surface area contributed by atoms with Gasteiger partial charge in [-0.2, -0.15) is 0 Å². The van der Waals surface area contributed by atoms with Gasteiger partial charge in [-0.25, -0.2) is 0 Å². The summed E-state index contributed by atoms with van der Waals surface area (Å²) < 4.78 is 5.62. The van der Waals surface area contributed by atoms with Crippen molar-refractivity contribution in [2.75, 3.05) is 26.7 Å². The van der Waals surface area contributed by atoms with Crippen LogP contribution in [0, 0.1) is 5.92 Å². The molecule has 20 heavy (non-hydrogen) atoms. The maximum absolute atomic E-state index is 11.9. The molecule has 5 heteroatoms. The molecule has 0 aromatic heterocycles. The number of carbonyl (C=O) groups is 1. The van der Waals surface area contributed by atoms with Gasteiger partial charge in [0.2, 0.25) is 5.91 Å². The highest BCUT2D eigenvalue weighted by Crippen LogP contribution is 2.32. The standard InChI is InChI=1S/C15H22N2O2.ClH/c1-11(9-16-2)15(18)17-10-12-7-8-19-14-6-4-3-5-13(12)14;/h3-6,11-12,16H,7-10H2,1-2H3,(H,17,18);1H. The van der Waals surface area contributed by atoms with E-state index in [4.69, 9.17) is 4.74 Å². The molecule has 0 saturated heterocycles. The highest BCUT2D eigenvalue weighted by molar-refractivity contribution is 5.85. The van der Waals surface area contributed by atoms with E-state index < -0.39 is 0 Å². The number of ether oxygens (including phenoxy) is 1. The topological polar surface area (TPSA) is 50.4 Å². The monoisotopic (exact) mass is 298 g/mol. The van der Waals surface area contributed by atoms with E-state index in [2.05, 4.69) is 16.7 Å². The molecule has 1 aliphatic rings. The Balaban J connectivity index is 0.00000200. The van der Waals surface area contributed by atoms with Crippen LogP contribution in [0.2, 0.25) is 0 Å². The summed E-state index contributed by atoms with van der Waals surface area (Å²) in [5, 5.41) is 6.06. The number of fused-ring (bicyclic) bond motifs is 1. The summed E-state index contributed by atoms with van der Waals surface area (Å²) in [5.41, 5.74) is 1.20. The zero-order valence-electron chi connectivity index (χ0n) is 12.0. The minimum Gasteiger partial charge on any atom is -0.493 e. The molecule has 0 aliphatic carbocycles. The largest absolute Gasteiger partial charge is 0.493 e. The van der Waals surface area contributed by atoms with Gasteiger partial charge in [-0.3, -0.25) is 4.79 Å². The average Bonchev–Trinajstić information content (AvgIpc) is 2.45. The van der Waals surface area contributed by atoms with Gasteiger partial charge in [-0.1, -0.05) is 25.1 Å². The third-order valence-corrected chi connectivity index (χ3v) is 3.56. The summed E-state index contributed by atoms with van der Waals surface area (Å²) in [6.45, 7) is 4.05. The molecule has 1 heterocycles. The van der Waals surface area contributed by atoms with E-state index in [0.29, 0.717) is 19.0 Å². The Morgan fingerprint density at radius 1 is 1.45 bits per heavy atom. The van der Waals surface area contributed by atoms with Crippen molar-refractivity contribution in [1.29, 1.82) is 0 Å². The highest BCUT2D eigenvalue weighted by atomic mass is 35.5. The van der Waals surface area contributed by atoms with Gasteiger partial charge in [0, 0.05) is 24.9 Å². The molecule has 1 aromatic rings. The van der Waals surface area contributed by atoms with Crippen LogP contribution in [0.5, 0.6) is 5.75 Å². The summed E-state index contributed by atoms with van der Waals surface area (Å²) in [6, 6.07) is 8.08. The quantitative estimate of drug-likeness (QED) is 0.873. The molecule has 1 aromatic carbocycles. The van der Waals surface area contributed by atoms with Crippen LogP contribution in [0.25, 0.3) is 0 Å². The zero-order valence-corrected chi connectivity index (χ0v) is 12.8. The Morgan fingerprint density at radius 2 is 2.20 bits per heavy atom. The van der Waals surface area contributed by atoms with E-state index >= 15 is 0 Å². The van der Waals surface area contributed by atoms with Crippen molar-refractivity contribution in [3.05, 3.63) is 29.8 Å². The molecule has 2 atom stereocenters. The van der Waals surface area contributed by atoms with Crippen LogP contribution in [-0.2, 0) is 4.79 Å². The summed E-state index contributed by atoms with van der Waals surface area (Å²) in [6.07, 6.45) is 0.956. The second-order valence-electron chi connectivity index (χ2n) is 5.08. The first kappa shape index (κ1) is 16.8.